The van der Waals surface area contributed by atoms with E-state index in [1.165, 1.54) is 24.2 Å². The van der Waals surface area contributed by atoms with Gasteiger partial charge in [-0.25, -0.2) is 0 Å². The molecule has 3 unspecified atom stereocenters. The van der Waals surface area contributed by atoms with Crippen LogP contribution in [0.1, 0.15) is 49.7 Å². The summed E-state index contributed by atoms with van der Waals surface area (Å²) in [4.78, 5) is 11.5. The second kappa shape index (κ2) is 3.83. The first kappa shape index (κ1) is 12.2. The number of carbonyl (C=O) groups is 1. The Hall–Kier alpha value is -0.830. The molecule has 18 heavy (non-hydrogen) atoms. The number of aldehydes is 1. The minimum atomic E-state index is 0.279. The molecule has 1 heterocycles. The third kappa shape index (κ3) is 1.49. The largest absolute Gasteiger partial charge is 0.489 e. The second-order valence-electron chi connectivity index (χ2n) is 6.52. The van der Waals surface area contributed by atoms with E-state index in [2.05, 4.69) is 20.8 Å². The maximum atomic E-state index is 10.7. The van der Waals surface area contributed by atoms with Gasteiger partial charge in [0.15, 0.2) is 6.29 Å². The lowest BCUT2D eigenvalue weighted by atomic mass is 9.70. The summed E-state index contributed by atoms with van der Waals surface area (Å²) in [7, 11) is 0. The van der Waals surface area contributed by atoms with Crippen LogP contribution in [0, 0.1) is 16.7 Å². The molecule has 2 aliphatic rings. The molecule has 2 fully saturated rings. The van der Waals surface area contributed by atoms with Crippen molar-refractivity contribution in [2.75, 3.05) is 0 Å². The molecule has 0 radical (unpaired) electrons. The lowest BCUT2D eigenvalue weighted by molar-refractivity contribution is 0.0304. The average Bonchev–Trinajstić information content (AvgIpc) is 2.92. The number of fused-ring (bicyclic) bond motifs is 2. The Bertz CT molecular complexity index is 477. The Morgan fingerprint density at radius 2 is 2.22 bits per heavy atom. The maximum Gasteiger partial charge on any atom is 0.160 e. The van der Waals surface area contributed by atoms with Gasteiger partial charge >= 0.3 is 0 Å². The summed E-state index contributed by atoms with van der Waals surface area (Å²) in [5.74, 6) is 1.66. The predicted octanol–water partition coefficient (Wildman–Crippen LogP) is 4.15. The van der Waals surface area contributed by atoms with E-state index in [9.17, 15) is 4.79 Å². The molecule has 2 nitrogen and oxygen atoms in total. The van der Waals surface area contributed by atoms with Crippen molar-refractivity contribution in [3.63, 3.8) is 0 Å². The molecule has 0 amide bonds. The number of hydrogen-bond acceptors (Lipinski definition) is 3. The van der Waals surface area contributed by atoms with Crippen LogP contribution < -0.4 is 4.74 Å². The fourth-order valence-electron chi connectivity index (χ4n) is 3.93. The number of hydrogen-bond donors (Lipinski definition) is 0. The minimum absolute atomic E-state index is 0.279. The zero-order chi connectivity index (χ0) is 13.0. The SMILES string of the molecule is CC1(C)C2CCC1(C)C(Oc1csc(C=O)c1)C2. The van der Waals surface area contributed by atoms with Gasteiger partial charge in [-0.3, -0.25) is 4.79 Å². The van der Waals surface area contributed by atoms with Crippen molar-refractivity contribution in [1.82, 2.24) is 0 Å². The number of rotatable bonds is 3. The Morgan fingerprint density at radius 1 is 1.44 bits per heavy atom. The van der Waals surface area contributed by atoms with Gasteiger partial charge in [0.05, 0.1) is 4.88 Å². The van der Waals surface area contributed by atoms with Crippen molar-refractivity contribution in [2.24, 2.45) is 16.7 Å². The van der Waals surface area contributed by atoms with Crippen LogP contribution in [-0.2, 0) is 0 Å². The Morgan fingerprint density at radius 3 is 2.72 bits per heavy atom. The monoisotopic (exact) mass is 264 g/mol. The lowest BCUT2D eigenvalue weighted by Crippen LogP contribution is -2.38. The van der Waals surface area contributed by atoms with Crippen molar-refractivity contribution in [1.29, 1.82) is 0 Å². The highest BCUT2D eigenvalue weighted by molar-refractivity contribution is 7.11. The molecule has 2 bridgehead atoms. The van der Waals surface area contributed by atoms with Crippen LogP contribution in [0.5, 0.6) is 5.75 Å². The first-order valence-corrected chi connectivity index (χ1v) is 7.56. The molecule has 0 aliphatic heterocycles. The van der Waals surface area contributed by atoms with Gasteiger partial charge in [0.1, 0.15) is 11.9 Å². The molecule has 0 aromatic carbocycles. The standard InChI is InChI=1S/C15H20O2S/c1-14(2)10-4-5-15(14,3)13(6-10)17-11-7-12(8-16)18-9-11/h7-10,13H,4-6H2,1-3H3. The van der Waals surface area contributed by atoms with Gasteiger partial charge < -0.3 is 4.74 Å². The average molecular weight is 264 g/mol. The molecule has 2 saturated carbocycles. The van der Waals surface area contributed by atoms with Crippen LogP contribution in [-0.4, -0.2) is 12.4 Å². The van der Waals surface area contributed by atoms with Gasteiger partial charge in [-0.2, -0.15) is 0 Å². The summed E-state index contributed by atoms with van der Waals surface area (Å²) in [5.41, 5.74) is 0.655. The van der Waals surface area contributed by atoms with Crippen molar-refractivity contribution < 1.29 is 9.53 Å². The van der Waals surface area contributed by atoms with E-state index in [0.717, 1.165) is 29.3 Å². The van der Waals surface area contributed by atoms with E-state index >= 15 is 0 Å². The number of thiophene rings is 1. The lowest BCUT2D eigenvalue weighted by Gasteiger charge is -2.38. The van der Waals surface area contributed by atoms with Crippen molar-refractivity contribution >= 4 is 17.6 Å². The van der Waals surface area contributed by atoms with Gasteiger partial charge in [0, 0.05) is 16.9 Å². The summed E-state index contributed by atoms with van der Waals surface area (Å²) in [5, 5.41) is 1.95. The van der Waals surface area contributed by atoms with Crippen LogP contribution in [0.4, 0.5) is 0 Å². The summed E-state index contributed by atoms with van der Waals surface area (Å²) >= 11 is 1.46. The third-order valence-electron chi connectivity index (χ3n) is 5.70. The van der Waals surface area contributed by atoms with Crippen molar-refractivity contribution in [3.05, 3.63) is 16.3 Å². The molecule has 1 aromatic heterocycles. The fraction of sp³-hybridized carbons (Fsp3) is 0.667. The zero-order valence-corrected chi connectivity index (χ0v) is 12.0. The Kier molecular flexibility index (Phi) is 2.60. The Labute approximate surface area is 112 Å². The number of carbonyl (C=O) groups excluding carboxylic acids is 1. The molecule has 3 atom stereocenters. The highest BCUT2D eigenvalue weighted by Crippen LogP contribution is 2.66. The van der Waals surface area contributed by atoms with Crippen LogP contribution in [0.25, 0.3) is 0 Å². The number of ether oxygens (including phenoxy) is 1. The van der Waals surface area contributed by atoms with Crippen molar-refractivity contribution in [2.45, 2.75) is 46.1 Å². The second-order valence-corrected chi connectivity index (χ2v) is 7.46. The molecule has 2 aliphatic carbocycles. The quantitative estimate of drug-likeness (QED) is 0.766. The molecule has 1 aromatic rings. The molecule has 3 heteroatoms. The smallest absolute Gasteiger partial charge is 0.160 e. The van der Waals surface area contributed by atoms with E-state index in [1.54, 1.807) is 0 Å². The molecule has 0 saturated heterocycles. The minimum Gasteiger partial charge on any atom is -0.489 e. The molecule has 0 spiro atoms. The van der Waals surface area contributed by atoms with E-state index in [4.69, 9.17) is 4.74 Å². The summed E-state index contributed by atoms with van der Waals surface area (Å²) < 4.78 is 6.18. The van der Waals surface area contributed by atoms with Gasteiger partial charge in [-0.15, -0.1) is 11.3 Å². The van der Waals surface area contributed by atoms with Gasteiger partial charge in [0.2, 0.25) is 0 Å². The van der Waals surface area contributed by atoms with Gasteiger partial charge in [-0.05, 0) is 30.6 Å². The molecule has 98 valence electrons. The van der Waals surface area contributed by atoms with Gasteiger partial charge in [-0.1, -0.05) is 20.8 Å². The van der Waals surface area contributed by atoms with Crippen LogP contribution in [0.2, 0.25) is 0 Å². The van der Waals surface area contributed by atoms with Crippen molar-refractivity contribution in [3.8, 4) is 5.75 Å². The van der Waals surface area contributed by atoms with Gasteiger partial charge in [0.25, 0.3) is 0 Å². The first-order valence-electron chi connectivity index (χ1n) is 6.68. The normalized spacial score (nSPS) is 36.8. The van der Waals surface area contributed by atoms with Crippen LogP contribution in [0.15, 0.2) is 11.4 Å². The zero-order valence-electron chi connectivity index (χ0n) is 11.2. The highest BCUT2D eigenvalue weighted by Gasteiger charge is 2.62. The van der Waals surface area contributed by atoms with E-state index < -0.39 is 0 Å². The van der Waals surface area contributed by atoms with E-state index in [-0.39, 0.29) is 5.41 Å². The molecule has 3 rings (SSSR count). The van der Waals surface area contributed by atoms with Crippen LogP contribution >= 0.6 is 11.3 Å². The molecular formula is C15H20O2S. The summed E-state index contributed by atoms with van der Waals surface area (Å²) in [6.07, 6.45) is 4.96. The molecule has 0 N–H and O–H groups in total. The third-order valence-corrected chi connectivity index (χ3v) is 6.54. The first-order chi connectivity index (χ1) is 8.47. The fourth-order valence-corrected chi connectivity index (χ4v) is 4.55. The summed E-state index contributed by atoms with van der Waals surface area (Å²) in [6.45, 7) is 7.15. The molecular weight excluding hydrogens is 244 g/mol. The Balaban J connectivity index is 1.81. The van der Waals surface area contributed by atoms with Crippen LogP contribution in [0.3, 0.4) is 0 Å². The highest BCUT2D eigenvalue weighted by atomic mass is 32.1. The van der Waals surface area contributed by atoms with E-state index in [0.29, 0.717) is 11.5 Å². The topological polar surface area (TPSA) is 26.3 Å². The maximum absolute atomic E-state index is 10.7. The summed E-state index contributed by atoms with van der Waals surface area (Å²) in [6, 6.07) is 1.86. The predicted molar refractivity (Wildman–Crippen MR) is 73.4 cm³/mol. The van der Waals surface area contributed by atoms with E-state index in [1.807, 2.05) is 11.4 Å².